The molecule has 5 heteroatoms. The number of hydrogen-bond donors (Lipinski definition) is 0. The number of carbonyl (C=O) groups excluding carboxylic acids is 1. The molecule has 0 saturated carbocycles. The average molecular weight is 243 g/mol. The highest BCUT2D eigenvalue weighted by Crippen LogP contribution is 2.28. The quantitative estimate of drug-likeness (QED) is 0.449. The summed E-state index contributed by atoms with van der Waals surface area (Å²) >= 11 is 0. The highest BCUT2D eigenvalue weighted by Gasteiger charge is 2.30. The summed E-state index contributed by atoms with van der Waals surface area (Å²) in [5.74, 6) is -0.249. The minimum Gasteiger partial charge on any atom is -0.292 e. The number of aromatic nitrogens is 1. The van der Waals surface area contributed by atoms with E-state index in [2.05, 4.69) is 11.6 Å². The Balaban J connectivity index is 2.67. The number of ketones is 1. The first-order valence-electron chi connectivity index (χ1n) is 5.12. The zero-order valence-corrected chi connectivity index (χ0v) is 9.13. The normalized spacial score (nSPS) is 11.2. The molecule has 0 spiro atoms. The van der Waals surface area contributed by atoms with Crippen molar-refractivity contribution in [3.8, 4) is 0 Å². The van der Waals surface area contributed by atoms with Crippen molar-refractivity contribution >= 4 is 5.78 Å². The summed E-state index contributed by atoms with van der Waals surface area (Å²) in [6.45, 7) is 3.52. The Morgan fingerprint density at radius 3 is 2.59 bits per heavy atom. The Morgan fingerprint density at radius 2 is 2.12 bits per heavy atom. The molecule has 1 heterocycles. The number of unbranched alkanes of at least 4 members (excludes halogenated alkanes) is 1. The number of carbonyl (C=O) groups is 1. The van der Waals surface area contributed by atoms with E-state index in [9.17, 15) is 18.0 Å². The van der Waals surface area contributed by atoms with Crippen LogP contribution in [0, 0.1) is 0 Å². The van der Waals surface area contributed by atoms with Crippen LogP contribution in [0.25, 0.3) is 0 Å². The lowest BCUT2D eigenvalue weighted by molar-refractivity contribution is -0.137. The van der Waals surface area contributed by atoms with Gasteiger partial charge in [-0.05, 0) is 25.0 Å². The first-order chi connectivity index (χ1) is 7.95. The summed E-state index contributed by atoms with van der Waals surface area (Å²) in [5.41, 5.74) is -0.776. The SMILES string of the molecule is C=CCCCC(=O)c1ccc(C(F)(F)F)cn1. The van der Waals surface area contributed by atoms with Crippen molar-refractivity contribution in [2.24, 2.45) is 0 Å². The van der Waals surface area contributed by atoms with Crippen LogP contribution in [0.15, 0.2) is 31.0 Å². The van der Waals surface area contributed by atoms with Gasteiger partial charge in [0.05, 0.1) is 5.56 Å². The smallest absolute Gasteiger partial charge is 0.292 e. The molecule has 0 unspecified atom stereocenters. The molecule has 1 aromatic heterocycles. The lowest BCUT2D eigenvalue weighted by Crippen LogP contribution is -2.08. The molecule has 1 rings (SSSR count). The standard InChI is InChI=1S/C12H12F3NO/c1-2-3-4-5-11(17)10-7-6-9(8-16-10)12(13,14)15/h2,6-8H,1,3-5H2. The van der Waals surface area contributed by atoms with Gasteiger partial charge in [0.2, 0.25) is 0 Å². The van der Waals surface area contributed by atoms with E-state index >= 15 is 0 Å². The van der Waals surface area contributed by atoms with Crippen LogP contribution in [-0.2, 0) is 6.18 Å². The van der Waals surface area contributed by atoms with Gasteiger partial charge in [0.1, 0.15) is 5.69 Å². The molecule has 92 valence electrons. The second-order valence-corrected chi connectivity index (χ2v) is 3.53. The van der Waals surface area contributed by atoms with Gasteiger partial charge in [-0.25, -0.2) is 0 Å². The molecule has 0 atom stereocenters. The van der Waals surface area contributed by atoms with Gasteiger partial charge >= 0.3 is 6.18 Å². The zero-order chi connectivity index (χ0) is 12.9. The molecule has 0 aliphatic carbocycles. The Bertz CT molecular complexity index is 395. The van der Waals surface area contributed by atoms with Gasteiger partial charge in [0, 0.05) is 12.6 Å². The van der Waals surface area contributed by atoms with Gasteiger partial charge in [-0.2, -0.15) is 13.2 Å². The van der Waals surface area contributed by atoms with Gasteiger partial charge in [-0.15, -0.1) is 6.58 Å². The topological polar surface area (TPSA) is 30.0 Å². The van der Waals surface area contributed by atoms with Gasteiger partial charge in [0.15, 0.2) is 5.78 Å². The molecule has 0 N–H and O–H groups in total. The molecule has 0 radical (unpaired) electrons. The second-order valence-electron chi connectivity index (χ2n) is 3.53. The first kappa shape index (κ1) is 13.4. The third-order valence-electron chi connectivity index (χ3n) is 2.19. The molecule has 0 aliphatic rings. The minimum atomic E-state index is -4.42. The lowest BCUT2D eigenvalue weighted by Gasteiger charge is -2.06. The van der Waals surface area contributed by atoms with Crippen LogP contribution in [0.4, 0.5) is 13.2 Å². The fourth-order valence-corrected chi connectivity index (χ4v) is 1.26. The molecule has 2 nitrogen and oxygen atoms in total. The van der Waals surface area contributed by atoms with Crippen molar-refractivity contribution in [3.05, 3.63) is 42.2 Å². The number of allylic oxidation sites excluding steroid dienone is 1. The van der Waals surface area contributed by atoms with E-state index in [4.69, 9.17) is 0 Å². The number of Topliss-reactive ketones (excluding diaryl/α,β-unsaturated/α-hetero) is 1. The first-order valence-corrected chi connectivity index (χ1v) is 5.12. The van der Waals surface area contributed by atoms with E-state index in [-0.39, 0.29) is 17.9 Å². The Morgan fingerprint density at radius 1 is 1.41 bits per heavy atom. The maximum atomic E-state index is 12.2. The largest absolute Gasteiger partial charge is 0.417 e. The molecule has 0 saturated heterocycles. The molecule has 0 bridgehead atoms. The van der Waals surface area contributed by atoms with Gasteiger partial charge < -0.3 is 0 Å². The average Bonchev–Trinajstić information content (AvgIpc) is 2.28. The van der Waals surface area contributed by atoms with Gasteiger partial charge in [-0.1, -0.05) is 6.08 Å². The Hall–Kier alpha value is -1.65. The number of nitrogens with zero attached hydrogens (tertiary/aromatic N) is 1. The van der Waals surface area contributed by atoms with E-state index in [1.807, 2.05) is 0 Å². The highest BCUT2D eigenvalue weighted by molar-refractivity contribution is 5.94. The summed E-state index contributed by atoms with van der Waals surface area (Å²) in [5, 5.41) is 0. The molecule has 0 aromatic carbocycles. The summed E-state index contributed by atoms with van der Waals surface area (Å²) in [6.07, 6.45) is -0.451. The minimum absolute atomic E-state index is 0.0714. The molecular formula is C12H12F3NO. The van der Waals surface area contributed by atoms with Crippen molar-refractivity contribution < 1.29 is 18.0 Å². The monoisotopic (exact) mass is 243 g/mol. The number of pyridine rings is 1. The number of rotatable bonds is 5. The third kappa shape index (κ3) is 4.01. The van der Waals surface area contributed by atoms with E-state index < -0.39 is 11.7 Å². The fraction of sp³-hybridized carbons (Fsp3) is 0.333. The van der Waals surface area contributed by atoms with Crippen LogP contribution >= 0.6 is 0 Å². The lowest BCUT2D eigenvalue weighted by atomic mass is 10.1. The van der Waals surface area contributed by atoms with Crippen molar-refractivity contribution in [1.82, 2.24) is 4.98 Å². The molecule has 1 aromatic rings. The van der Waals surface area contributed by atoms with Crippen LogP contribution < -0.4 is 0 Å². The number of halogens is 3. The molecular weight excluding hydrogens is 231 g/mol. The van der Waals surface area contributed by atoms with Crippen molar-refractivity contribution in [2.45, 2.75) is 25.4 Å². The predicted octanol–water partition coefficient (Wildman–Crippen LogP) is 3.64. The Kier molecular flexibility index (Phi) is 4.43. The number of alkyl halides is 3. The number of hydrogen-bond acceptors (Lipinski definition) is 2. The van der Waals surface area contributed by atoms with Crippen molar-refractivity contribution in [2.75, 3.05) is 0 Å². The molecule has 17 heavy (non-hydrogen) atoms. The third-order valence-corrected chi connectivity index (χ3v) is 2.19. The maximum Gasteiger partial charge on any atom is 0.417 e. The van der Waals surface area contributed by atoms with E-state index in [0.717, 1.165) is 12.1 Å². The molecule has 0 amide bonds. The second kappa shape index (κ2) is 5.61. The van der Waals surface area contributed by atoms with Crippen LogP contribution in [0.1, 0.15) is 35.3 Å². The Labute approximate surface area is 97.2 Å². The van der Waals surface area contributed by atoms with Crippen molar-refractivity contribution in [3.63, 3.8) is 0 Å². The summed E-state index contributed by atoms with van der Waals surface area (Å²) in [6, 6.07) is 1.98. The molecule has 0 fully saturated rings. The van der Waals surface area contributed by atoms with Crippen LogP contribution in [0.2, 0.25) is 0 Å². The fourth-order valence-electron chi connectivity index (χ4n) is 1.26. The van der Waals surface area contributed by atoms with Gasteiger partial charge in [0.25, 0.3) is 0 Å². The van der Waals surface area contributed by atoms with E-state index in [1.54, 1.807) is 6.08 Å². The highest BCUT2D eigenvalue weighted by atomic mass is 19.4. The van der Waals surface area contributed by atoms with E-state index in [1.165, 1.54) is 0 Å². The summed E-state index contributed by atoms with van der Waals surface area (Å²) < 4.78 is 36.7. The maximum absolute atomic E-state index is 12.2. The summed E-state index contributed by atoms with van der Waals surface area (Å²) in [4.78, 5) is 15.0. The van der Waals surface area contributed by atoms with Gasteiger partial charge in [-0.3, -0.25) is 9.78 Å². The predicted molar refractivity (Wildman–Crippen MR) is 57.6 cm³/mol. The zero-order valence-electron chi connectivity index (χ0n) is 9.13. The van der Waals surface area contributed by atoms with E-state index in [0.29, 0.717) is 19.0 Å². The van der Waals surface area contributed by atoms with Crippen LogP contribution in [0.3, 0.4) is 0 Å². The van der Waals surface area contributed by atoms with Crippen LogP contribution in [-0.4, -0.2) is 10.8 Å². The molecule has 0 aliphatic heterocycles. The summed E-state index contributed by atoms with van der Waals surface area (Å²) in [7, 11) is 0. The van der Waals surface area contributed by atoms with Crippen LogP contribution in [0.5, 0.6) is 0 Å². The van der Waals surface area contributed by atoms with Crippen molar-refractivity contribution in [1.29, 1.82) is 0 Å².